The number of carboxylic acid groups (broad SMARTS) is 1. The SMILES string of the molecule is CC(c1ccccc1)C(O)C=C[C@H]1[C@@H](CC=CCCCC(=O)O)[C@@H]2CC[C@H]1O2. The number of aliphatic carboxylic acids is 1. The van der Waals surface area contributed by atoms with Gasteiger partial charge in [0, 0.05) is 18.3 Å². The van der Waals surface area contributed by atoms with Gasteiger partial charge in [0.1, 0.15) is 0 Å². The summed E-state index contributed by atoms with van der Waals surface area (Å²) in [5.74, 6) is 0.123. The number of fused-ring (bicyclic) bond motifs is 2. The minimum atomic E-state index is -0.733. The number of aliphatic hydroxyl groups is 1. The molecule has 0 saturated carbocycles. The maximum Gasteiger partial charge on any atom is 0.303 e. The van der Waals surface area contributed by atoms with Crippen LogP contribution in [0.1, 0.15) is 56.9 Å². The second-order valence-electron chi connectivity index (χ2n) is 8.10. The van der Waals surface area contributed by atoms with Crippen LogP contribution in [0.3, 0.4) is 0 Å². The van der Waals surface area contributed by atoms with Gasteiger partial charge in [-0.3, -0.25) is 4.79 Å². The molecule has 152 valence electrons. The third-order valence-corrected chi connectivity index (χ3v) is 6.19. The molecule has 0 aliphatic carbocycles. The van der Waals surface area contributed by atoms with E-state index in [4.69, 9.17) is 9.84 Å². The van der Waals surface area contributed by atoms with Crippen molar-refractivity contribution in [3.63, 3.8) is 0 Å². The summed E-state index contributed by atoms with van der Waals surface area (Å²) in [4.78, 5) is 10.6. The molecule has 2 saturated heterocycles. The van der Waals surface area contributed by atoms with Crippen molar-refractivity contribution in [2.24, 2.45) is 11.8 Å². The summed E-state index contributed by atoms with van der Waals surface area (Å²) in [7, 11) is 0. The first kappa shape index (κ1) is 20.8. The van der Waals surface area contributed by atoms with Crippen molar-refractivity contribution in [2.45, 2.75) is 69.7 Å². The highest BCUT2D eigenvalue weighted by molar-refractivity contribution is 5.66. The molecule has 2 bridgehead atoms. The fourth-order valence-electron chi connectivity index (χ4n) is 4.49. The molecule has 0 aromatic heterocycles. The number of carbonyl (C=O) groups is 1. The quantitative estimate of drug-likeness (QED) is 0.453. The van der Waals surface area contributed by atoms with E-state index >= 15 is 0 Å². The smallest absolute Gasteiger partial charge is 0.303 e. The number of rotatable bonds is 10. The number of ether oxygens (including phenoxy) is 1. The molecule has 1 aromatic rings. The van der Waals surface area contributed by atoms with E-state index in [1.807, 2.05) is 24.3 Å². The van der Waals surface area contributed by atoms with Gasteiger partial charge in [0.15, 0.2) is 0 Å². The minimum absolute atomic E-state index is 0.0598. The minimum Gasteiger partial charge on any atom is -0.481 e. The van der Waals surface area contributed by atoms with Crippen LogP contribution >= 0.6 is 0 Å². The number of hydrogen-bond acceptors (Lipinski definition) is 3. The monoisotopic (exact) mass is 384 g/mol. The van der Waals surface area contributed by atoms with Crippen molar-refractivity contribution in [3.8, 4) is 0 Å². The van der Waals surface area contributed by atoms with Gasteiger partial charge in [-0.1, -0.05) is 61.6 Å². The van der Waals surface area contributed by atoms with E-state index in [2.05, 4.69) is 37.3 Å². The highest BCUT2D eigenvalue weighted by Crippen LogP contribution is 2.46. The zero-order chi connectivity index (χ0) is 19.9. The van der Waals surface area contributed by atoms with E-state index in [9.17, 15) is 9.90 Å². The summed E-state index contributed by atoms with van der Waals surface area (Å²) < 4.78 is 6.14. The molecule has 6 atom stereocenters. The molecule has 2 unspecified atom stereocenters. The number of hydrogen-bond donors (Lipinski definition) is 2. The Labute approximate surface area is 167 Å². The van der Waals surface area contributed by atoms with Gasteiger partial charge in [-0.05, 0) is 43.6 Å². The van der Waals surface area contributed by atoms with Crippen LogP contribution < -0.4 is 0 Å². The topological polar surface area (TPSA) is 66.8 Å². The fraction of sp³-hybridized carbons (Fsp3) is 0.542. The molecule has 2 N–H and O–H groups in total. The van der Waals surface area contributed by atoms with Gasteiger partial charge < -0.3 is 14.9 Å². The fourth-order valence-corrected chi connectivity index (χ4v) is 4.49. The zero-order valence-corrected chi connectivity index (χ0v) is 16.6. The van der Waals surface area contributed by atoms with Crippen LogP contribution in [0.2, 0.25) is 0 Å². The molecular weight excluding hydrogens is 352 g/mol. The second-order valence-corrected chi connectivity index (χ2v) is 8.10. The van der Waals surface area contributed by atoms with Crippen molar-refractivity contribution in [1.29, 1.82) is 0 Å². The third-order valence-electron chi connectivity index (χ3n) is 6.19. The molecule has 4 heteroatoms. The summed E-state index contributed by atoms with van der Waals surface area (Å²) >= 11 is 0. The lowest BCUT2D eigenvalue weighted by molar-refractivity contribution is -0.137. The second kappa shape index (κ2) is 10.0. The molecule has 3 rings (SSSR count). The Morgan fingerprint density at radius 1 is 1.21 bits per heavy atom. The largest absolute Gasteiger partial charge is 0.481 e. The molecular formula is C24H32O4. The van der Waals surface area contributed by atoms with E-state index in [0.29, 0.717) is 24.4 Å². The normalized spacial score (nSPS) is 28.9. The molecule has 4 nitrogen and oxygen atoms in total. The molecule has 2 fully saturated rings. The van der Waals surface area contributed by atoms with E-state index in [1.54, 1.807) is 0 Å². The first-order chi connectivity index (χ1) is 13.6. The molecule has 2 heterocycles. The van der Waals surface area contributed by atoms with E-state index < -0.39 is 12.1 Å². The van der Waals surface area contributed by atoms with Gasteiger partial charge >= 0.3 is 5.97 Å². The Hall–Kier alpha value is -1.91. The maximum atomic E-state index is 10.6. The molecule has 28 heavy (non-hydrogen) atoms. The lowest BCUT2D eigenvalue weighted by Crippen LogP contribution is -2.26. The number of benzene rings is 1. The Kier molecular flexibility index (Phi) is 7.46. The van der Waals surface area contributed by atoms with Gasteiger partial charge in [-0.25, -0.2) is 0 Å². The van der Waals surface area contributed by atoms with E-state index in [1.165, 1.54) is 0 Å². The number of carboxylic acids is 1. The van der Waals surface area contributed by atoms with Crippen LogP contribution in [0, 0.1) is 11.8 Å². The predicted octanol–water partition coefficient (Wildman–Crippen LogP) is 4.70. The summed E-state index contributed by atoms with van der Waals surface area (Å²) in [5.41, 5.74) is 1.14. The molecule has 2 aliphatic heterocycles. The first-order valence-electron chi connectivity index (χ1n) is 10.5. The van der Waals surface area contributed by atoms with Crippen molar-refractivity contribution < 1.29 is 19.7 Å². The van der Waals surface area contributed by atoms with E-state index in [-0.39, 0.29) is 18.4 Å². The summed E-state index contributed by atoms with van der Waals surface area (Å²) in [6.07, 6.45) is 13.4. The highest BCUT2D eigenvalue weighted by atomic mass is 16.5. The summed E-state index contributed by atoms with van der Waals surface area (Å²) in [5, 5.41) is 19.3. The third kappa shape index (κ3) is 5.33. The van der Waals surface area contributed by atoms with Gasteiger partial charge in [-0.15, -0.1) is 0 Å². The van der Waals surface area contributed by atoms with Gasteiger partial charge in [-0.2, -0.15) is 0 Å². The van der Waals surface area contributed by atoms with Crippen LogP contribution in [-0.4, -0.2) is 34.5 Å². The van der Waals surface area contributed by atoms with Crippen LogP contribution in [0.25, 0.3) is 0 Å². The lowest BCUT2D eigenvalue weighted by Gasteiger charge is -2.25. The lowest BCUT2D eigenvalue weighted by atomic mass is 9.77. The Morgan fingerprint density at radius 3 is 2.71 bits per heavy atom. The van der Waals surface area contributed by atoms with Crippen LogP contribution in [0.15, 0.2) is 54.6 Å². The Bertz CT molecular complexity index is 681. The molecule has 2 aliphatic rings. The maximum absolute atomic E-state index is 10.6. The summed E-state index contributed by atoms with van der Waals surface area (Å²) in [6, 6.07) is 10.1. The standard InChI is InChI=1S/C24H32O4/c1-17(18-9-5-4-6-10-18)21(25)14-13-20-19(22-15-16-23(20)28-22)11-7-2-3-8-12-24(26)27/h2,4-7,9-10,13-14,17,19-23,25H,3,8,11-12,15-16H2,1H3,(H,26,27)/t17?,19-,20+,21?,22+,23-/m1/s1. The number of unbranched alkanes of at least 4 members (excludes halogenated alkanes) is 1. The summed E-state index contributed by atoms with van der Waals surface area (Å²) in [6.45, 7) is 2.05. The van der Waals surface area contributed by atoms with Gasteiger partial charge in [0.2, 0.25) is 0 Å². The first-order valence-corrected chi connectivity index (χ1v) is 10.5. The Balaban J connectivity index is 1.54. The van der Waals surface area contributed by atoms with E-state index in [0.717, 1.165) is 31.2 Å². The van der Waals surface area contributed by atoms with Crippen molar-refractivity contribution >= 4 is 5.97 Å². The van der Waals surface area contributed by atoms with Gasteiger partial charge in [0.25, 0.3) is 0 Å². The van der Waals surface area contributed by atoms with Crippen LogP contribution in [0.5, 0.6) is 0 Å². The average molecular weight is 385 g/mol. The molecule has 0 amide bonds. The highest BCUT2D eigenvalue weighted by Gasteiger charge is 2.46. The Morgan fingerprint density at radius 2 is 1.96 bits per heavy atom. The van der Waals surface area contributed by atoms with Crippen molar-refractivity contribution in [2.75, 3.05) is 0 Å². The predicted molar refractivity (Wildman–Crippen MR) is 110 cm³/mol. The van der Waals surface area contributed by atoms with Crippen LogP contribution in [0.4, 0.5) is 0 Å². The van der Waals surface area contributed by atoms with Crippen molar-refractivity contribution in [1.82, 2.24) is 0 Å². The van der Waals surface area contributed by atoms with Gasteiger partial charge in [0.05, 0.1) is 18.3 Å². The average Bonchev–Trinajstić information content (AvgIpc) is 3.30. The molecule has 0 radical (unpaired) electrons. The molecule has 1 aromatic carbocycles. The number of allylic oxidation sites excluding steroid dienone is 2. The zero-order valence-electron chi connectivity index (χ0n) is 16.6. The number of aliphatic hydroxyl groups excluding tert-OH is 1. The van der Waals surface area contributed by atoms with Crippen molar-refractivity contribution in [3.05, 3.63) is 60.2 Å². The molecule has 0 spiro atoms. The van der Waals surface area contributed by atoms with Crippen LogP contribution in [-0.2, 0) is 9.53 Å².